The SMILES string of the molecule is CC(NC(=O)NC1CCN(CC2CCCCC2)CC1)c1ccc(Cl)s1. The zero-order valence-corrected chi connectivity index (χ0v) is 16.7. The van der Waals surface area contributed by atoms with Crippen molar-refractivity contribution < 1.29 is 4.79 Å². The van der Waals surface area contributed by atoms with Crippen LogP contribution in [-0.4, -0.2) is 36.6 Å². The van der Waals surface area contributed by atoms with Crippen molar-refractivity contribution >= 4 is 29.0 Å². The largest absolute Gasteiger partial charge is 0.335 e. The van der Waals surface area contributed by atoms with Crippen molar-refractivity contribution in [2.75, 3.05) is 19.6 Å². The fourth-order valence-corrected chi connectivity index (χ4v) is 5.11. The number of urea groups is 1. The number of thiophene rings is 1. The van der Waals surface area contributed by atoms with Crippen molar-refractivity contribution in [2.45, 2.75) is 64.0 Å². The summed E-state index contributed by atoms with van der Waals surface area (Å²) in [7, 11) is 0. The van der Waals surface area contributed by atoms with Crippen LogP contribution in [0.25, 0.3) is 0 Å². The number of nitrogens with zero attached hydrogens (tertiary/aromatic N) is 1. The summed E-state index contributed by atoms with van der Waals surface area (Å²) in [4.78, 5) is 15.9. The molecule has 1 aliphatic carbocycles. The van der Waals surface area contributed by atoms with E-state index in [1.165, 1.54) is 50.0 Å². The first-order valence-corrected chi connectivity index (χ1v) is 10.8. The van der Waals surface area contributed by atoms with Crippen LogP contribution >= 0.6 is 22.9 Å². The Hall–Kier alpha value is -0.780. The second-order valence-electron chi connectivity index (χ2n) is 7.56. The van der Waals surface area contributed by atoms with E-state index in [0.717, 1.165) is 41.1 Å². The standard InChI is InChI=1S/C19H30ClN3OS/c1-14(17-7-8-18(20)25-17)21-19(24)22-16-9-11-23(12-10-16)13-15-5-3-2-4-6-15/h7-8,14-16H,2-6,9-13H2,1H3,(H2,21,22,24). The number of hydrogen-bond donors (Lipinski definition) is 2. The fraction of sp³-hybridized carbons (Fsp3) is 0.737. The highest BCUT2D eigenvalue weighted by molar-refractivity contribution is 7.16. The predicted octanol–water partition coefficient (Wildman–Crippen LogP) is 4.81. The molecule has 4 nitrogen and oxygen atoms in total. The molecule has 1 unspecified atom stereocenters. The highest BCUT2D eigenvalue weighted by Crippen LogP contribution is 2.27. The lowest BCUT2D eigenvalue weighted by molar-refractivity contribution is 0.155. The molecule has 1 saturated carbocycles. The number of halogens is 1. The molecule has 2 heterocycles. The molecule has 2 aliphatic rings. The lowest BCUT2D eigenvalue weighted by Crippen LogP contribution is -2.49. The summed E-state index contributed by atoms with van der Waals surface area (Å²) in [5.41, 5.74) is 0. The number of nitrogens with one attached hydrogen (secondary N) is 2. The number of likely N-dealkylation sites (tertiary alicyclic amines) is 1. The molecule has 0 bridgehead atoms. The van der Waals surface area contributed by atoms with Crippen molar-refractivity contribution in [2.24, 2.45) is 5.92 Å². The van der Waals surface area contributed by atoms with E-state index in [0.29, 0.717) is 6.04 Å². The van der Waals surface area contributed by atoms with Gasteiger partial charge in [0.15, 0.2) is 0 Å². The van der Waals surface area contributed by atoms with Crippen LogP contribution in [0.5, 0.6) is 0 Å². The Morgan fingerprint density at radius 3 is 2.60 bits per heavy atom. The van der Waals surface area contributed by atoms with Gasteiger partial charge in [-0.15, -0.1) is 11.3 Å². The van der Waals surface area contributed by atoms with Gasteiger partial charge in [-0.1, -0.05) is 30.9 Å². The molecule has 25 heavy (non-hydrogen) atoms. The van der Waals surface area contributed by atoms with Gasteiger partial charge in [0.2, 0.25) is 0 Å². The topological polar surface area (TPSA) is 44.4 Å². The molecule has 140 valence electrons. The van der Waals surface area contributed by atoms with Gasteiger partial charge >= 0.3 is 6.03 Å². The Morgan fingerprint density at radius 2 is 1.96 bits per heavy atom. The number of amides is 2. The van der Waals surface area contributed by atoms with Crippen molar-refractivity contribution in [1.82, 2.24) is 15.5 Å². The maximum absolute atomic E-state index is 12.2. The molecule has 2 fully saturated rings. The van der Waals surface area contributed by atoms with Crippen molar-refractivity contribution in [3.8, 4) is 0 Å². The summed E-state index contributed by atoms with van der Waals surface area (Å²) in [5, 5.41) is 6.17. The van der Waals surface area contributed by atoms with E-state index in [-0.39, 0.29) is 12.1 Å². The van der Waals surface area contributed by atoms with Crippen LogP contribution in [0.1, 0.15) is 62.8 Å². The summed E-state index contributed by atoms with van der Waals surface area (Å²) < 4.78 is 0.759. The summed E-state index contributed by atoms with van der Waals surface area (Å²) in [6.45, 7) is 5.47. The van der Waals surface area contributed by atoms with Crippen LogP contribution in [0.4, 0.5) is 4.79 Å². The Labute approximate surface area is 160 Å². The minimum absolute atomic E-state index is 0.0103. The number of carbonyl (C=O) groups is 1. The van der Waals surface area contributed by atoms with Gasteiger partial charge in [-0.3, -0.25) is 0 Å². The maximum Gasteiger partial charge on any atom is 0.315 e. The first-order valence-electron chi connectivity index (χ1n) is 9.65. The second kappa shape index (κ2) is 9.24. The molecule has 1 saturated heterocycles. The lowest BCUT2D eigenvalue weighted by Gasteiger charge is -2.35. The molecule has 1 atom stereocenters. The highest BCUT2D eigenvalue weighted by Gasteiger charge is 2.24. The average Bonchev–Trinajstić information content (AvgIpc) is 3.04. The van der Waals surface area contributed by atoms with Crippen LogP contribution in [0.15, 0.2) is 12.1 Å². The van der Waals surface area contributed by atoms with Gasteiger partial charge in [0, 0.05) is 30.6 Å². The van der Waals surface area contributed by atoms with Crippen molar-refractivity contribution in [3.05, 3.63) is 21.3 Å². The predicted molar refractivity (Wildman–Crippen MR) is 105 cm³/mol. The van der Waals surface area contributed by atoms with Gasteiger partial charge < -0.3 is 15.5 Å². The molecular weight excluding hydrogens is 354 g/mol. The summed E-state index contributed by atoms with van der Waals surface area (Å²) in [6.07, 6.45) is 9.18. The smallest absolute Gasteiger partial charge is 0.315 e. The molecule has 1 aromatic rings. The normalized spacial score (nSPS) is 21.8. The quantitative estimate of drug-likeness (QED) is 0.766. The number of piperidine rings is 1. The molecule has 2 amide bonds. The minimum Gasteiger partial charge on any atom is -0.335 e. The molecule has 1 aliphatic heterocycles. The zero-order chi connectivity index (χ0) is 17.6. The van der Waals surface area contributed by atoms with Crippen molar-refractivity contribution in [1.29, 1.82) is 0 Å². The molecule has 0 radical (unpaired) electrons. The second-order valence-corrected chi connectivity index (χ2v) is 9.31. The van der Waals surface area contributed by atoms with Crippen molar-refractivity contribution in [3.63, 3.8) is 0 Å². The summed E-state index contributed by atoms with van der Waals surface area (Å²) in [5.74, 6) is 0.903. The Morgan fingerprint density at radius 1 is 1.24 bits per heavy atom. The van der Waals surface area contributed by atoms with Crippen LogP contribution < -0.4 is 10.6 Å². The maximum atomic E-state index is 12.2. The highest BCUT2D eigenvalue weighted by atomic mass is 35.5. The summed E-state index contributed by atoms with van der Waals surface area (Å²) >= 11 is 7.48. The summed E-state index contributed by atoms with van der Waals surface area (Å²) in [6, 6.07) is 4.06. The van der Waals surface area contributed by atoms with Crippen LogP contribution in [0, 0.1) is 5.92 Å². The fourth-order valence-electron chi connectivity index (χ4n) is 4.05. The van der Waals surface area contributed by atoms with Crippen LogP contribution in [0.2, 0.25) is 4.34 Å². The third-order valence-electron chi connectivity index (χ3n) is 5.53. The van der Waals surface area contributed by atoms with E-state index in [1.807, 2.05) is 19.1 Å². The molecule has 6 heteroatoms. The molecular formula is C19H30ClN3OS. The third kappa shape index (κ3) is 5.87. The zero-order valence-electron chi connectivity index (χ0n) is 15.1. The molecule has 3 rings (SSSR count). The first-order chi connectivity index (χ1) is 12.1. The van der Waals surface area contributed by atoms with Gasteiger partial charge in [0.1, 0.15) is 0 Å². The third-order valence-corrected chi connectivity index (χ3v) is 6.95. The minimum atomic E-state index is -0.0669. The lowest BCUT2D eigenvalue weighted by atomic mass is 9.88. The van der Waals surface area contributed by atoms with E-state index in [4.69, 9.17) is 11.6 Å². The number of carbonyl (C=O) groups excluding carboxylic acids is 1. The van der Waals surface area contributed by atoms with E-state index < -0.39 is 0 Å². The van der Waals surface area contributed by atoms with E-state index >= 15 is 0 Å². The van der Waals surface area contributed by atoms with E-state index in [1.54, 1.807) is 0 Å². The Kier molecular flexibility index (Phi) is 7.02. The molecule has 0 aromatic carbocycles. The van der Waals surface area contributed by atoms with Gasteiger partial charge in [-0.25, -0.2) is 4.79 Å². The Balaban J connectivity index is 1.36. The Bertz CT molecular complexity index is 551. The number of hydrogen-bond acceptors (Lipinski definition) is 3. The molecule has 1 aromatic heterocycles. The van der Waals surface area contributed by atoms with Gasteiger partial charge in [-0.05, 0) is 50.7 Å². The van der Waals surface area contributed by atoms with Crippen LogP contribution in [-0.2, 0) is 0 Å². The monoisotopic (exact) mass is 383 g/mol. The molecule has 0 spiro atoms. The number of rotatable bonds is 5. The van der Waals surface area contributed by atoms with E-state index in [2.05, 4.69) is 15.5 Å². The van der Waals surface area contributed by atoms with Gasteiger partial charge in [0.25, 0.3) is 0 Å². The van der Waals surface area contributed by atoms with Gasteiger partial charge in [0.05, 0.1) is 10.4 Å². The van der Waals surface area contributed by atoms with E-state index in [9.17, 15) is 4.79 Å². The first kappa shape index (κ1) is 19.0. The van der Waals surface area contributed by atoms with Gasteiger partial charge in [-0.2, -0.15) is 0 Å². The van der Waals surface area contributed by atoms with Crippen LogP contribution in [0.3, 0.4) is 0 Å². The molecule has 2 N–H and O–H groups in total. The average molecular weight is 384 g/mol.